The van der Waals surface area contributed by atoms with Gasteiger partial charge in [-0.15, -0.1) is 0 Å². The van der Waals surface area contributed by atoms with E-state index in [1.165, 1.54) is 31.2 Å². The Morgan fingerprint density at radius 2 is 1.68 bits per heavy atom. The minimum atomic E-state index is -3.61. The normalized spacial score (nSPS) is 12.3. The lowest BCUT2D eigenvalue weighted by Gasteiger charge is -2.15. The molecule has 0 aliphatic heterocycles. The molecule has 0 spiro atoms. The van der Waals surface area contributed by atoms with Gasteiger partial charge in [0.25, 0.3) is 5.91 Å². The maximum absolute atomic E-state index is 12.3. The van der Waals surface area contributed by atoms with Crippen LogP contribution in [-0.4, -0.2) is 32.7 Å². The molecule has 0 aliphatic carbocycles. The van der Waals surface area contributed by atoms with Gasteiger partial charge in [0.05, 0.1) is 21.2 Å². The molecule has 1 amide bonds. The van der Waals surface area contributed by atoms with Crippen LogP contribution in [0.2, 0.25) is 5.02 Å². The number of hydrogen-bond acceptors (Lipinski definition) is 5. The first kappa shape index (κ1) is 19.0. The summed E-state index contributed by atoms with van der Waals surface area (Å²) in [5.41, 5.74) is 0.260. The van der Waals surface area contributed by atoms with Gasteiger partial charge >= 0.3 is 5.97 Å². The molecule has 0 saturated heterocycles. The van der Waals surface area contributed by atoms with Gasteiger partial charge in [0.15, 0.2) is 15.9 Å². The van der Waals surface area contributed by atoms with Gasteiger partial charge in [0.1, 0.15) is 0 Å². The lowest BCUT2D eigenvalue weighted by atomic mass is 10.2. The Balaban J connectivity index is 2.13. The molecule has 6 nitrogen and oxygen atoms in total. The lowest BCUT2D eigenvalue weighted by molar-refractivity contribution is -0.123. The third-order valence-electron chi connectivity index (χ3n) is 3.29. The van der Waals surface area contributed by atoms with Crippen molar-refractivity contribution in [1.29, 1.82) is 0 Å². The molecule has 2 rings (SSSR count). The maximum Gasteiger partial charge on any atom is 0.340 e. The Morgan fingerprint density at radius 1 is 1.08 bits per heavy atom. The molecule has 1 unspecified atom stereocenters. The van der Waals surface area contributed by atoms with Crippen LogP contribution in [0.3, 0.4) is 0 Å². The Hall–Kier alpha value is -2.38. The van der Waals surface area contributed by atoms with Crippen molar-refractivity contribution in [2.45, 2.75) is 17.9 Å². The van der Waals surface area contributed by atoms with E-state index in [1.807, 2.05) is 0 Å². The van der Waals surface area contributed by atoms with Crippen molar-refractivity contribution in [1.82, 2.24) is 0 Å². The van der Waals surface area contributed by atoms with Crippen molar-refractivity contribution < 1.29 is 22.7 Å². The summed E-state index contributed by atoms with van der Waals surface area (Å²) in [5.74, 6) is -1.49. The van der Waals surface area contributed by atoms with Crippen LogP contribution in [0.25, 0.3) is 0 Å². The van der Waals surface area contributed by atoms with Crippen molar-refractivity contribution >= 4 is 39.0 Å². The van der Waals surface area contributed by atoms with Crippen molar-refractivity contribution in [3.8, 4) is 0 Å². The van der Waals surface area contributed by atoms with Gasteiger partial charge in [-0.3, -0.25) is 4.79 Å². The predicted octanol–water partition coefficient (Wildman–Crippen LogP) is 2.93. The number of ether oxygens (including phenoxy) is 1. The molecule has 0 radical (unpaired) electrons. The number of carbonyl (C=O) groups is 2. The molecule has 8 heteroatoms. The van der Waals surface area contributed by atoms with Gasteiger partial charge in [0, 0.05) is 6.26 Å². The molecule has 2 aromatic carbocycles. The van der Waals surface area contributed by atoms with Gasteiger partial charge in [-0.1, -0.05) is 35.9 Å². The average Bonchev–Trinajstić information content (AvgIpc) is 2.56. The third kappa shape index (κ3) is 4.80. The van der Waals surface area contributed by atoms with Gasteiger partial charge in [0.2, 0.25) is 0 Å². The van der Waals surface area contributed by atoms with Crippen LogP contribution in [-0.2, 0) is 19.4 Å². The third-order valence-corrected chi connectivity index (χ3v) is 4.78. The highest BCUT2D eigenvalue weighted by Crippen LogP contribution is 2.21. The molecule has 2 aromatic rings. The first-order valence-electron chi connectivity index (χ1n) is 7.25. The predicted molar refractivity (Wildman–Crippen MR) is 94.5 cm³/mol. The number of para-hydroxylation sites is 1. The Morgan fingerprint density at radius 3 is 2.32 bits per heavy atom. The average molecular weight is 382 g/mol. The molecular formula is C17H16ClNO5S. The van der Waals surface area contributed by atoms with E-state index in [9.17, 15) is 18.0 Å². The molecule has 0 saturated carbocycles. The van der Waals surface area contributed by atoms with E-state index in [0.29, 0.717) is 10.7 Å². The highest BCUT2D eigenvalue weighted by Gasteiger charge is 2.24. The number of nitrogens with one attached hydrogen (secondary N) is 1. The van der Waals surface area contributed by atoms with Crippen LogP contribution >= 0.6 is 11.6 Å². The highest BCUT2D eigenvalue weighted by molar-refractivity contribution is 7.90. The van der Waals surface area contributed by atoms with E-state index >= 15 is 0 Å². The first-order chi connectivity index (χ1) is 11.7. The van der Waals surface area contributed by atoms with Gasteiger partial charge in [-0.05, 0) is 31.2 Å². The number of carbonyl (C=O) groups excluding carboxylic acids is 2. The van der Waals surface area contributed by atoms with Gasteiger partial charge in [-0.25, -0.2) is 13.2 Å². The fraction of sp³-hybridized carbons (Fsp3) is 0.176. The van der Waals surface area contributed by atoms with Crippen LogP contribution < -0.4 is 5.32 Å². The number of halogens is 1. The standard InChI is InChI=1S/C17H16ClNO5S/c1-11(16(20)19-14-9-5-4-8-13(14)18)24-17(21)12-7-3-6-10-15(12)25(2,22)23/h3-11H,1-2H3,(H,19,20). The summed E-state index contributed by atoms with van der Waals surface area (Å²) in [7, 11) is -3.61. The smallest absolute Gasteiger partial charge is 0.340 e. The highest BCUT2D eigenvalue weighted by atomic mass is 35.5. The van der Waals surface area contributed by atoms with Gasteiger partial charge < -0.3 is 10.1 Å². The molecule has 132 valence electrons. The van der Waals surface area contributed by atoms with Crippen molar-refractivity contribution in [3.63, 3.8) is 0 Å². The summed E-state index contributed by atoms with van der Waals surface area (Å²) < 4.78 is 28.6. The minimum Gasteiger partial charge on any atom is -0.449 e. The van der Waals surface area contributed by atoms with Crippen LogP contribution in [0.15, 0.2) is 53.4 Å². The second kappa shape index (κ2) is 7.67. The summed E-state index contributed by atoms with van der Waals surface area (Å²) in [6.45, 7) is 1.38. The molecule has 0 aliphatic rings. The van der Waals surface area contributed by atoms with Crippen LogP contribution in [0, 0.1) is 0 Å². The second-order valence-electron chi connectivity index (χ2n) is 5.28. The minimum absolute atomic E-state index is 0.123. The largest absolute Gasteiger partial charge is 0.449 e. The fourth-order valence-electron chi connectivity index (χ4n) is 2.03. The lowest BCUT2D eigenvalue weighted by Crippen LogP contribution is -2.30. The van der Waals surface area contributed by atoms with Crippen LogP contribution in [0.5, 0.6) is 0 Å². The topological polar surface area (TPSA) is 89.5 Å². The number of rotatable bonds is 5. The van der Waals surface area contributed by atoms with Crippen molar-refractivity contribution in [3.05, 3.63) is 59.1 Å². The number of sulfone groups is 1. The van der Waals surface area contributed by atoms with E-state index in [0.717, 1.165) is 6.26 Å². The molecule has 1 atom stereocenters. The van der Waals surface area contributed by atoms with E-state index in [2.05, 4.69) is 5.32 Å². The Labute approximate surface area is 150 Å². The molecule has 0 aromatic heterocycles. The number of esters is 1. The molecular weight excluding hydrogens is 366 g/mol. The first-order valence-corrected chi connectivity index (χ1v) is 9.52. The van der Waals surface area contributed by atoms with E-state index in [-0.39, 0.29) is 10.5 Å². The summed E-state index contributed by atoms with van der Waals surface area (Å²) >= 11 is 5.96. The zero-order chi connectivity index (χ0) is 18.6. The zero-order valence-electron chi connectivity index (χ0n) is 13.5. The quantitative estimate of drug-likeness (QED) is 0.804. The fourth-order valence-corrected chi connectivity index (χ4v) is 3.09. The zero-order valence-corrected chi connectivity index (χ0v) is 15.1. The molecule has 0 fully saturated rings. The molecule has 25 heavy (non-hydrogen) atoms. The van der Waals surface area contributed by atoms with Crippen molar-refractivity contribution in [2.75, 3.05) is 11.6 Å². The summed E-state index contributed by atoms with van der Waals surface area (Å²) in [4.78, 5) is 24.2. The Kier molecular flexibility index (Phi) is 5.81. The van der Waals surface area contributed by atoms with Crippen LogP contribution in [0.4, 0.5) is 5.69 Å². The number of anilines is 1. The molecule has 0 bridgehead atoms. The monoisotopic (exact) mass is 381 g/mol. The number of hydrogen-bond donors (Lipinski definition) is 1. The molecule has 0 heterocycles. The second-order valence-corrected chi connectivity index (χ2v) is 7.68. The van der Waals surface area contributed by atoms with E-state index in [4.69, 9.17) is 16.3 Å². The van der Waals surface area contributed by atoms with Gasteiger partial charge in [-0.2, -0.15) is 0 Å². The SMILES string of the molecule is CC(OC(=O)c1ccccc1S(C)(=O)=O)C(=O)Nc1ccccc1Cl. The van der Waals surface area contributed by atoms with E-state index in [1.54, 1.807) is 24.3 Å². The summed E-state index contributed by atoms with van der Waals surface area (Å²) in [5, 5.41) is 2.89. The maximum atomic E-state index is 12.3. The summed E-state index contributed by atoms with van der Waals surface area (Å²) in [6.07, 6.45) is -0.150. The Bertz CT molecular complexity index is 911. The number of amides is 1. The summed E-state index contributed by atoms with van der Waals surface area (Å²) in [6, 6.07) is 12.3. The molecule has 1 N–H and O–H groups in total. The van der Waals surface area contributed by atoms with E-state index < -0.39 is 27.8 Å². The van der Waals surface area contributed by atoms with Crippen molar-refractivity contribution in [2.24, 2.45) is 0 Å². The van der Waals surface area contributed by atoms with Crippen LogP contribution in [0.1, 0.15) is 17.3 Å². The number of benzene rings is 2.